The lowest BCUT2D eigenvalue weighted by atomic mass is 10.0. The van der Waals surface area contributed by atoms with Crippen molar-refractivity contribution in [1.29, 1.82) is 0 Å². The fourth-order valence-corrected chi connectivity index (χ4v) is 3.91. The van der Waals surface area contributed by atoms with Crippen molar-refractivity contribution in [3.05, 3.63) is 35.9 Å². The fourth-order valence-electron chi connectivity index (χ4n) is 3.91. The number of hydroxylamine groups is 2. The average Bonchev–Trinajstić information content (AvgIpc) is 2.79. The van der Waals surface area contributed by atoms with Gasteiger partial charge in [-0.15, -0.1) is 0 Å². The van der Waals surface area contributed by atoms with E-state index < -0.39 is 0 Å². The van der Waals surface area contributed by atoms with Crippen LogP contribution in [0, 0.1) is 0 Å². The van der Waals surface area contributed by atoms with E-state index in [1.165, 1.54) is 70.6 Å². The number of hydrogen-bond acceptors (Lipinski definition) is 2. The molecule has 1 unspecified atom stereocenters. The molecule has 0 aromatic heterocycles. The highest BCUT2D eigenvalue weighted by molar-refractivity contribution is 5.79. The predicted molar refractivity (Wildman–Crippen MR) is 138 cm³/mol. The summed E-state index contributed by atoms with van der Waals surface area (Å²) in [5, 5.41) is 1.56. The van der Waals surface area contributed by atoms with E-state index >= 15 is 0 Å². The molecule has 5 nitrogen and oxygen atoms in total. The summed E-state index contributed by atoms with van der Waals surface area (Å²) in [6.45, 7) is 4.11. The summed E-state index contributed by atoms with van der Waals surface area (Å²) in [5.74, 6) is 0.0162. The Labute approximate surface area is 228 Å². The van der Waals surface area contributed by atoms with E-state index in [1.54, 1.807) is 5.06 Å². The van der Waals surface area contributed by atoms with Crippen LogP contribution in [0.2, 0.25) is 0 Å². The van der Waals surface area contributed by atoms with Crippen molar-refractivity contribution in [2.24, 2.45) is 0 Å². The molecule has 0 saturated carbocycles. The lowest BCUT2D eigenvalue weighted by Crippen LogP contribution is -3.00. The highest BCUT2D eigenvalue weighted by atomic mass is 35.5. The first kappa shape index (κ1) is 36.3. The Hall–Kier alpha value is -0.850. The minimum Gasteiger partial charge on any atom is -1.00 e. The van der Waals surface area contributed by atoms with Gasteiger partial charge >= 0.3 is 5.91 Å². The van der Waals surface area contributed by atoms with Gasteiger partial charge < -0.3 is 35.0 Å². The van der Waals surface area contributed by atoms with Crippen molar-refractivity contribution in [2.45, 2.75) is 103 Å². The number of hydrogen-bond donors (Lipinski definition) is 1. The number of amides is 1. The maximum atomic E-state index is 13.0. The van der Waals surface area contributed by atoms with Gasteiger partial charge in [0.1, 0.15) is 6.61 Å². The molecule has 3 N–H and O–H groups in total. The molecule has 0 radical (unpaired) electrons. The van der Waals surface area contributed by atoms with Crippen LogP contribution in [0.25, 0.3) is 0 Å². The Morgan fingerprint density at radius 3 is 1.83 bits per heavy atom. The number of benzene rings is 1. The maximum absolute atomic E-state index is 13.0. The summed E-state index contributed by atoms with van der Waals surface area (Å²) < 4.78 is 0.791. The largest absolute Gasteiger partial charge is 1.00 e. The molecule has 1 amide bonds. The molecule has 0 fully saturated rings. The Kier molecular flexibility index (Phi) is 23.2. The Bertz CT molecular complexity index is 612. The number of rotatable bonds is 20. The first-order valence-electron chi connectivity index (χ1n) is 13.4. The van der Waals surface area contributed by atoms with Crippen LogP contribution in [0.3, 0.4) is 0 Å². The van der Waals surface area contributed by atoms with E-state index in [9.17, 15) is 4.79 Å². The molecular weight excluding hydrogens is 481 g/mol. The van der Waals surface area contributed by atoms with Crippen molar-refractivity contribution < 1.29 is 44.7 Å². The summed E-state index contributed by atoms with van der Waals surface area (Å²) in [6.07, 6.45) is 16.8. The van der Waals surface area contributed by atoms with Crippen LogP contribution in [0.1, 0.15) is 96.0 Å². The van der Waals surface area contributed by atoms with Crippen LogP contribution in [0.15, 0.2) is 30.3 Å². The Balaban J connectivity index is 0. The number of nitrogens with zero attached hydrogens (tertiary/aromatic N) is 2. The van der Waals surface area contributed by atoms with Gasteiger partial charge in [0.2, 0.25) is 0 Å². The average molecular weight is 535 g/mol. The van der Waals surface area contributed by atoms with Gasteiger partial charge in [-0.1, -0.05) is 108 Å². The summed E-state index contributed by atoms with van der Waals surface area (Å²) in [4.78, 5) is 19.0. The van der Waals surface area contributed by atoms with Gasteiger partial charge in [-0.3, -0.25) is 9.63 Å². The van der Waals surface area contributed by atoms with Crippen LogP contribution in [-0.4, -0.2) is 55.7 Å². The van der Waals surface area contributed by atoms with Crippen LogP contribution >= 0.6 is 0 Å². The highest BCUT2D eigenvalue weighted by Gasteiger charge is 2.26. The van der Waals surface area contributed by atoms with Crippen molar-refractivity contribution in [2.75, 3.05) is 34.2 Å². The topological polar surface area (TPSA) is 57.2 Å². The van der Waals surface area contributed by atoms with Crippen LogP contribution in [0.5, 0.6) is 0 Å². The molecule has 0 spiro atoms. The number of unbranched alkanes of at least 4 members (excludes halogenated alkanes) is 11. The van der Waals surface area contributed by atoms with Crippen molar-refractivity contribution in [1.82, 2.24) is 5.06 Å². The van der Waals surface area contributed by atoms with Crippen LogP contribution in [0.4, 0.5) is 0 Å². The number of halogens is 2. The third-order valence-corrected chi connectivity index (χ3v) is 6.20. The Morgan fingerprint density at radius 2 is 1.34 bits per heavy atom. The maximum Gasteiger partial charge on any atom is 0.304 e. The molecule has 206 valence electrons. The first-order valence-corrected chi connectivity index (χ1v) is 13.4. The summed E-state index contributed by atoms with van der Waals surface area (Å²) in [7, 11) is 6.40. The second-order valence-corrected chi connectivity index (χ2v) is 10.6. The van der Waals surface area contributed by atoms with E-state index in [1.807, 2.05) is 30.3 Å². The van der Waals surface area contributed by atoms with Gasteiger partial charge in [-0.25, -0.2) is 5.06 Å². The highest BCUT2D eigenvalue weighted by Crippen LogP contribution is 2.13. The molecule has 7 heteroatoms. The van der Waals surface area contributed by atoms with E-state index in [4.69, 9.17) is 4.84 Å². The zero-order valence-corrected chi connectivity index (χ0v) is 24.5. The predicted octanol–water partition coefficient (Wildman–Crippen LogP) is -0.637. The van der Waals surface area contributed by atoms with E-state index in [-0.39, 0.29) is 36.8 Å². The van der Waals surface area contributed by atoms with Crippen molar-refractivity contribution >= 4 is 5.91 Å². The molecule has 0 heterocycles. The zero-order chi connectivity index (χ0) is 24.4. The number of likely N-dealkylation sites (N-methyl/N-ethyl adjacent to an activating group) is 1. The molecule has 0 aliphatic rings. The van der Waals surface area contributed by atoms with Gasteiger partial charge in [-0.05, 0) is 12.0 Å². The normalized spacial score (nSPS) is 11.9. The summed E-state index contributed by atoms with van der Waals surface area (Å²) in [5.41, 5.74) is 5.24. The lowest BCUT2D eigenvalue weighted by Gasteiger charge is -2.29. The van der Waals surface area contributed by atoms with Crippen LogP contribution < -0.4 is 30.5 Å². The molecule has 0 aliphatic carbocycles. The van der Waals surface area contributed by atoms with Crippen molar-refractivity contribution in [3.8, 4) is 0 Å². The zero-order valence-electron chi connectivity index (χ0n) is 23.0. The van der Waals surface area contributed by atoms with E-state index in [0.717, 1.165) is 29.4 Å². The third-order valence-electron chi connectivity index (χ3n) is 6.20. The molecule has 35 heavy (non-hydrogen) atoms. The number of carbonyl (C=O) groups excluding carboxylic acids is 1. The molecule has 0 aliphatic heterocycles. The standard InChI is InChI=1S/C28H52N3O2.2ClH/c1-5-6-7-8-9-10-11-12-13-14-15-19-22-27(29)28(32)30(23-24-31(2,3)4)33-25-26-20-17-16-18-21-26;;/h16-18,20-21,27H,5-15,19,22-25,29H2,1-4H3;2*1H/q+1;;/p-1. The fraction of sp³-hybridized carbons (Fsp3) is 0.750. The molecule has 0 saturated heterocycles. The molecule has 1 rings (SSSR count). The van der Waals surface area contributed by atoms with Crippen LogP contribution in [-0.2, 0) is 16.2 Å². The smallest absolute Gasteiger partial charge is 0.304 e. The van der Waals surface area contributed by atoms with E-state index in [2.05, 4.69) is 33.8 Å². The SMILES string of the molecule is CCCCCCCCCCCCCCC([NH3+])C(=O)N(CC[N+](C)(C)C)OCc1ccccc1.[Cl-].[Cl-]. The van der Waals surface area contributed by atoms with Gasteiger partial charge in [0.05, 0.1) is 34.2 Å². The second-order valence-electron chi connectivity index (χ2n) is 10.6. The number of quaternary nitrogens is 2. The van der Waals surface area contributed by atoms with Gasteiger partial charge in [-0.2, -0.15) is 0 Å². The minimum atomic E-state index is -0.239. The van der Waals surface area contributed by atoms with E-state index in [0.29, 0.717) is 13.2 Å². The monoisotopic (exact) mass is 533 g/mol. The van der Waals surface area contributed by atoms with Crippen molar-refractivity contribution in [3.63, 3.8) is 0 Å². The summed E-state index contributed by atoms with van der Waals surface area (Å²) in [6, 6.07) is 9.79. The van der Waals surface area contributed by atoms with Gasteiger partial charge in [0.15, 0.2) is 6.04 Å². The molecule has 1 aromatic carbocycles. The summed E-state index contributed by atoms with van der Waals surface area (Å²) >= 11 is 0. The Morgan fingerprint density at radius 1 is 0.857 bits per heavy atom. The number of carbonyl (C=O) groups is 1. The lowest BCUT2D eigenvalue weighted by molar-refractivity contribution is -0.870. The molecule has 0 bridgehead atoms. The molecule has 1 aromatic rings. The second kappa shape index (κ2) is 22.4. The first-order chi connectivity index (χ1) is 15.8. The van der Waals surface area contributed by atoms with Gasteiger partial charge in [0, 0.05) is 6.42 Å². The minimum absolute atomic E-state index is 0. The molecular formula is C28H53Cl2N3O2. The molecule has 1 atom stereocenters. The van der Waals surface area contributed by atoms with Gasteiger partial charge in [0.25, 0.3) is 0 Å². The third kappa shape index (κ3) is 20.0. The quantitative estimate of drug-likeness (QED) is 0.138.